The molecular formula is C19H22N2O7S. The minimum absolute atomic E-state index is 0.201. The number of sulfonamides is 1. The van der Waals surface area contributed by atoms with Crippen LogP contribution in [0.3, 0.4) is 0 Å². The van der Waals surface area contributed by atoms with Crippen LogP contribution in [0.25, 0.3) is 0 Å². The average Bonchev–Trinajstić information content (AvgIpc) is 2.70. The van der Waals surface area contributed by atoms with Gasteiger partial charge in [0.25, 0.3) is 0 Å². The molecule has 29 heavy (non-hydrogen) atoms. The first kappa shape index (κ1) is 22.0. The van der Waals surface area contributed by atoms with Crippen molar-refractivity contribution in [2.75, 3.05) is 43.8 Å². The molecule has 0 fully saturated rings. The van der Waals surface area contributed by atoms with Gasteiger partial charge in [0, 0.05) is 11.8 Å². The lowest BCUT2D eigenvalue weighted by Gasteiger charge is -2.24. The Morgan fingerprint density at radius 3 is 2.17 bits per heavy atom. The van der Waals surface area contributed by atoms with E-state index in [9.17, 15) is 18.0 Å². The van der Waals surface area contributed by atoms with Gasteiger partial charge in [0.1, 0.15) is 18.0 Å². The third-order valence-corrected chi connectivity index (χ3v) is 5.06. The lowest BCUT2D eigenvalue weighted by molar-refractivity contribution is -0.114. The largest absolute Gasteiger partial charge is 0.497 e. The molecule has 0 spiro atoms. The number of hydrogen-bond donors (Lipinski definition) is 1. The van der Waals surface area contributed by atoms with Gasteiger partial charge >= 0.3 is 5.97 Å². The monoisotopic (exact) mass is 422 g/mol. The van der Waals surface area contributed by atoms with Gasteiger partial charge < -0.3 is 19.5 Å². The van der Waals surface area contributed by atoms with Crippen molar-refractivity contribution in [3.8, 4) is 11.5 Å². The minimum Gasteiger partial charge on any atom is -0.497 e. The first-order valence-corrected chi connectivity index (χ1v) is 10.2. The molecule has 9 nitrogen and oxygen atoms in total. The second kappa shape index (κ2) is 9.28. The molecule has 0 aliphatic carbocycles. The number of carbonyl (C=O) groups is 2. The third kappa shape index (κ3) is 5.61. The predicted molar refractivity (Wildman–Crippen MR) is 108 cm³/mol. The maximum absolute atomic E-state index is 12.5. The summed E-state index contributed by atoms with van der Waals surface area (Å²) in [5, 5.41) is 2.60. The molecule has 2 aromatic carbocycles. The number of ether oxygens (including phenoxy) is 3. The molecule has 1 amide bonds. The number of methoxy groups -OCH3 is 3. The molecule has 0 atom stereocenters. The van der Waals surface area contributed by atoms with Crippen LogP contribution < -0.4 is 19.1 Å². The van der Waals surface area contributed by atoms with Gasteiger partial charge in [-0.2, -0.15) is 0 Å². The lowest BCUT2D eigenvalue weighted by atomic mass is 10.2. The Morgan fingerprint density at radius 2 is 1.66 bits per heavy atom. The van der Waals surface area contributed by atoms with Gasteiger partial charge in [-0.15, -0.1) is 0 Å². The van der Waals surface area contributed by atoms with E-state index in [1.54, 1.807) is 6.07 Å². The zero-order valence-corrected chi connectivity index (χ0v) is 17.3. The normalized spacial score (nSPS) is 10.8. The average molecular weight is 422 g/mol. The van der Waals surface area contributed by atoms with Crippen LogP contribution in [0.1, 0.15) is 10.4 Å². The first-order chi connectivity index (χ1) is 13.7. The third-order valence-electron chi connectivity index (χ3n) is 3.93. The van der Waals surface area contributed by atoms with Crippen LogP contribution in [0.5, 0.6) is 11.5 Å². The molecule has 0 bridgehead atoms. The molecule has 0 heterocycles. The highest BCUT2D eigenvalue weighted by Crippen LogP contribution is 2.33. The van der Waals surface area contributed by atoms with Crippen molar-refractivity contribution in [2.24, 2.45) is 0 Å². The van der Waals surface area contributed by atoms with E-state index in [4.69, 9.17) is 9.47 Å². The van der Waals surface area contributed by atoms with Gasteiger partial charge in [0.05, 0.1) is 38.8 Å². The van der Waals surface area contributed by atoms with Crippen molar-refractivity contribution in [3.05, 3.63) is 48.0 Å². The maximum Gasteiger partial charge on any atom is 0.337 e. The number of hydrogen-bond acceptors (Lipinski definition) is 7. The van der Waals surface area contributed by atoms with Crippen LogP contribution in [0.15, 0.2) is 42.5 Å². The van der Waals surface area contributed by atoms with Gasteiger partial charge in [-0.25, -0.2) is 13.2 Å². The lowest BCUT2D eigenvalue weighted by Crippen LogP contribution is -2.37. The number of amides is 1. The van der Waals surface area contributed by atoms with Crippen LogP contribution in [0.2, 0.25) is 0 Å². The van der Waals surface area contributed by atoms with Crippen molar-refractivity contribution in [2.45, 2.75) is 0 Å². The molecule has 0 radical (unpaired) electrons. The first-order valence-electron chi connectivity index (χ1n) is 8.37. The van der Waals surface area contributed by atoms with E-state index in [1.807, 2.05) is 0 Å². The zero-order valence-electron chi connectivity index (χ0n) is 16.5. The van der Waals surface area contributed by atoms with E-state index in [1.165, 1.54) is 57.7 Å². The predicted octanol–water partition coefficient (Wildman–Crippen LogP) is 1.90. The zero-order chi connectivity index (χ0) is 21.6. The molecule has 0 unspecified atom stereocenters. The Bertz CT molecular complexity index is 988. The van der Waals surface area contributed by atoms with Crippen molar-refractivity contribution in [1.29, 1.82) is 0 Å². The number of rotatable bonds is 8. The van der Waals surface area contributed by atoms with E-state index in [0.29, 0.717) is 17.0 Å². The number of nitrogens with zero attached hydrogens (tertiary/aromatic N) is 1. The fraction of sp³-hybridized carbons (Fsp3) is 0.263. The van der Waals surface area contributed by atoms with Gasteiger partial charge in [-0.1, -0.05) is 0 Å². The number of esters is 1. The van der Waals surface area contributed by atoms with Gasteiger partial charge in [0.2, 0.25) is 15.9 Å². The molecule has 2 rings (SSSR count). The standard InChI is InChI=1S/C19H22N2O7S/c1-26-15-9-10-16(17(11-15)27-2)21(29(4,24)25)12-18(22)20-14-7-5-13(6-8-14)19(23)28-3/h5-11H,12H2,1-4H3,(H,20,22). The Morgan fingerprint density at radius 1 is 1.00 bits per heavy atom. The number of anilines is 2. The Kier molecular flexibility index (Phi) is 7.05. The SMILES string of the molecule is COC(=O)c1ccc(NC(=O)CN(c2ccc(OC)cc2OC)S(C)(=O)=O)cc1. The van der Waals surface area contributed by atoms with E-state index in [2.05, 4.69) is 10.1 Å². The summed E-state index contributed by atoms with van der Waals surface area (Å²) >= 11 is 0. The molecule has 0 aliphatic heterocycles. The van der Waals surface area contributed by atoms with Crippen molar-refractivity contribution in [3.63, 3.8) is 0 Å². The van der Waals surface area contributed by atoms with Crippen LogP contribution in [-0.2, 0) is 19.6 Å². The van der Waals surface area contributed by atoms with Gasteiger partial charge in [0.15, 0.2) is 0 Å². The minimum atomic E-state index is -3.79. The van der Waals surface area contributed by atoms with Crippen LogP contribution in [-0.4, -0.2) is 54.4 Å². The number of benzene rings is 2. The molecule has 0 saturated heterocycles. The fourth-order valence-corrected chi connectivity index (χ4v) is 3.37. The highest BCUT2D eigenvalue weighted by Gasteiger charge is 2.24. The van der Waals surface area contributed by atoms with Crippen molar-refractivity contribution >= 4 is 33.3 Å². The molecule has 1 N–H and O–H groups in total. The molecule has 2 aromatic rings. The summed E-state index contributed by atoms with van der Waals surface area (Å²) in [6, 6.07) is 10.6. The molecular weight excluding hydrogens is 400 g/mol. The van der Waals surface area contributed by atoms with E-state index < -0.39 is 28.4 Å². The molecule has 0 aromatic heterocycles. The second-order valence-corrected chi connectivity index (χ2v) is 7.83. The quantitative estimate of drug-likeness (QED) is 0.647. The number of nitrogens with one attached hydrogen (secondary N) is 1. The second-order valence-electron chi connectivity index (χ2n) is 5.92. The smallest absolute Gasteiger partial charge is 0.337 e. The topological polar surface area (TPSA) is 111 Å². The van der Waals surface area contributed by atoms with E-state index in [-0.39, 0.29) is 11.4 Å². The van der Waals surface area contributed by atoms with Crippen LogP contribution >= 0.6 is 0 Å². The molecule has 156 valence electrons. The van der Waals surface area contributed by atoms with Crippen LogP contribution in [0.4, 0.5) is 11.4 Å². The summed E-state index contributed by atoms with van der Waals surface area (Å²) in [5.41, 5.74) is 0.927. The van der Waals surface area contributed by atoms with Crippen molar-refractivity contribution in [1.82, 2.24) is 0 Å². The highest BCUT2D eigenvalue weighted by molar-refractivity contribution is 7.92. The van der Waals surface area contributed by atoms with Crippen molar-refractivity contribution < 1.29 is 32.2 Å². The summed E-state index contributed by atoms with van der Waals surface area (Å²) in [6.45, 7) is -0.472. The van der Waals surface area contributed by atoms with E-state index >= 15 is 0 Å². The maximum atomic E-state index is 12.5. The number of carbonyl (C=O) groups excluding carboxylic acids is 2. The van der Waals surface area contributed by atoms with Gasteiger partial charge in [-0.05, 0) is 36.4 Å². The van der Waals surface area contributed by atoms with E-state index in [0.717, 1.165) is 10.6 Å². The van der Waals surface area contributed by atoms with Crippen LogP contribution in [0, 0.1) is 0 Å². The molecule has 0 aliphatic rings. The Hall–Kier alpha value is -3.27. The Labute approximate surface area is 169 Å². The Balaban J connectivity index is 2.23. The summed E-state index contributed by atoms with van der Waals surface area (Å²) in [4.78, 5) is 23.9. The summed E-state index contributed by atoms with van der Waals surface area (Å²) in [7, 11) is 0.345. The van der Waals surface area contributed by atoms with Gasteiger partial charge in [-0.3, -0.25) is 9.10 Å². The summed E-state index contributed by atoms with van der Waals surface area (Å²) < 4.78 is 40.5. The molecule has 0 saturated carbocycles. The fourth-order valence-electron chi connectivity index (χ4n) is 2.51. The summed E-state index contributed by atoms with van der Waals surface area (Å²) in [6.07, 6.45) is 0.995. The highest BCUT2D eigenvalue weighted by atomic mass is 32.2. The molecule has 10 heteroatoms. The summed E-state index contributed by atoms with van der Waals surface area (Å²) in [5.74, 6) is -0.351.